The Hall–Kier alpha value is -3.03. The number of carbonyl (C=O) groups is 2. The molecule has 2 aromatic rings. The van der Waals surface area contributed by atoms with Gasteiger partial charge in [0.2, 0.25) is 0 Å². The number of aliphatic carboxylic acids is 1. The monoisotopic (exact) mass is 371 g/mol. The first-order chi connectivity index (χ1) is 13.0. The van der Waals surface area contributed by atoms with Gasteiger partial charge in [0.25, 0.3) is 5.91 Å². The van der Waals surface area contributed by atoms with Crippen molar-refractivity contribution in [3.63, 3.8) is 0 Å². The standard InChI is InChI=1S/C19H21N3O5/c1-12-8-16-17(27-7-6-26-16)10-15(12)19(25)21-4-5-22-14(11-21)9-13(20-22)2-3-18(23)24/h8-10H,2-7,11H2,1H3,(H,23,24). The van der Waals surface area contributed by atoms with Crippen molar-refractivity contribution in [2.75, 3.05) is 19.8 Å². The Balaban J connectivity index is 1.52. The van der Waals surface area contributed by atoms with E-state index >= 15 is 0 Å². The van der Waals surface area contributed by atoms with E-state index in [-0.39, 0.29) is 12.3 Å². The molecule has 0 radical (unpaired) electrons. The van der Waals surface area contributed by atoms with Crippen LogP contribution in [-0.4, -0.2) is 51.4 Å². The van der Waals surface area contributed by atoms with Crippen LogP contribution in [0.1, 0.15) is 33.7 Å². The molecule has 0 saturated heterocycles. The van der Waals surface area contributed by atoms with E-state index in [0.29, 0.717) is 56.3 Å². The normalized spacial score (nSPS) is 15.4. The molecule has 0 saturated carbocycles. The lowest BCUT2D eigenvalue weighted by molar-refractivity contribution is -0.136. The minimum atomic E-state index is -0.841. The maximum absolute atomic E-state index is 13.1. The number of aryl methyl sites for hydroxylation is 2. The van der Waals surface area contributed by atoms with E-state index in [4.69, 9.17) is 14.6 Å². The lowest BCUT2D eigenvalue weighted by atomic mass is 10.1. The number of rotatable bonds is 4. The molecule has 0 fully saturated rings. The van der Waals surface area contributed by atoms with Crippen LogP contribution < -0.4 is 9.47 Å². The minimum Gasteiger partial charge on any atom is -0.486 e. The second kappa shape index (κ2) is 6.94. The van der Waals surface area contributed by atoms with Crippen molar-refractivity contribution < 1.29 is 24.2 Å². The van der Waals surface area contributed by atoms with Gasteiger partial charge in [-0.25, -0.2) is 0 Å². The fourth-order valence-electron chi connectivity index (χ4n) is 3.45. The fourth-order valence-corrected chi connectivity index (χ4v) is 3.45. The Bertz CT molecular complexity index is 905. The van der Waals surface area contributed by atoms with Crippen molar-refractivity contribution >= 4 is 11.9 Å². The van der Waals surface area contributed by atoms with Crippen LogP contribution >= 0.6 is 0 Å². The highest BCUT2D eigenvalue weighted by molar-refractivity contribution is 5.96. The molecule has 1 N–H and O–H groups in total. The summed E-state index contributed by atoms with van der Waals surface area (Å²) in [6, 6.07) is 5.50. The smallest absolute Gasteiger partial charge is 0.303 e. The van der Waals surface area contributed by atoms with E-state index in [1.54, 1.807) is 11.0 Å². The summed E-state index contributed by atoms with van der Waals surface area (Å²) in [5, 5.41) is 13.3. The number of nitrogens with zero attached hydrogens (tertiary/aromatic N) is 3. The Kier molecular flexibility index (Phi) is 4.47. The number of ether oxygens (including phenoxy) is 2. The van der Waals surface area contributed by atoms with E-state index in [1.807, 2.05) is 23.7 Å². The van der Waals surface area contributed by atoms with Gasteiger partial charge in [-0.05, 0) is 30.7 Å². The van der Waals surface area contributed by atoms with Crippen molar-refractivity contribution in [3.05, 3.63) is 40.7 Å². The van der Waals surface area contributed by atoms with Crippen LogP contribution in [-0.2, 0) is 24.3 Å². The van der Waals surface area contributed by atoms with Gasteiger partial charge < -0.3 is 19.5 Å². The average molecular weight is 371 g/mol. The number of aromatic nitrogens is 2. The van der Waals surface area contributed by atoms with Gasteiger partial charge in [0.1, 0.15) is 13.2 Å². The predicted octanol–water partition coefficient (Wildman–Crippen LogP) is 1.64. The molecule has 0 bridgehead atoms. The number of amides is 1. The van der Waals surface area contributed by atoms with Gasteiger partial charge in [-0.2, -0.15) is 5.10 Å². The Morgan fingerprint density at radius 1 is 1.15 bits per heavy atom. The molecule has 142 valence electrons. The molecule has 1 amide bonds. The number of hydrogen-bond acceptors (Lipinski definition) is 5. The minimum absolute atomic E-state index is 0.0511. The molecule has 2 aliphatic rings. The molecule has 1 aromatic carbocycles. The van der Waals surface area contributed by atoms with E-state index in [9.17, 15) is 9.59 Å². The third-order valence-corrected chi connectivity index (χ3v) is 4.85. The summed E-state index contributed by atoms with van der Waals surface area (Å²) in [5.41, 5.74) is 3.13. The molecule has 0 unspecified atom stereocenters. The summed E-state index contributed by atoms with van der Waals surface area (Å²) in [6.45, 7) is 4.49. The number of fused-ring (bicyclic) bond motifs is 2. The Morgan fingerprint density at radius 2 is 1.89 bits per heavy atom. The average Bonchev–Trinajstić information content (AvgIpc) is 3.07. The first kappa shape index (κ1) is 17.4. The van der Waals surface area contributed by atoms with E-state index in [1.165, 1.54) is 0 Å². The molecule has 0 aliphatic carbocycles. The summed E-state index contributed by atoms with van der Waals surface area (Å²) >= 11 is 0. The molecule has 4 rings (SSSR count). The van der Waals surface area contributed by atoms with Crippen LogP contribution in [0, 0.1) is 6.92 Å². The van der Waals surface area contributed by atoms with Crippen LogP contribution in [0.2, 0.25) is 0 Å². The summed E-state index contributed by atoms with van der Waals surface area (Å²) < 4.78 is 13.0. The van der Waals surface area contributed by atoms with Gasteiger partial charge in [-0.3, -0.25) is 14.3 Å². The highest BCUT2D eigenvalue weighted by atomic mass is 16.6. The zero-order valence-electron chi connectivity index (χ0n) is 15.1. The largest absolute Gasteiger partial charge is 0.486 e. The summed E-state index contributed by atoms with van der Waals surface area (Å²) in [4.78, 5) is 25.6. The third kappa shape index (κ3) is 3.47. The Labute approximate surface area is 156 Å². The zero-order chi connectivity index (χ0) is 19.0. The lowest BCUT2D eigenvalue weighted by Crippen LogP contribution is -2.38. The molecule has 1 aromatic heterocycles. The molecule has 0 spiro atoms. The number of hydrogen-bond donors (Lipinski definition) is 1. The Morgan fingerprint density at radius 3 is 2.63 bits per heavy atom. The second-order valence-electron chi connectivity index (χ2n) is 6.78. The van der Waals surface area contributed by atoms with Crippen LogP contribution in [0.5, 0.6) is 11.5 Å². The third-order valence-electron chi connectivity index (χ3n) is 4.85. The lowest BCUT2D eigenvalue weighted by Gasteiger charge is -2.29. The van der Waals surface area contributed by atoms with Crippen molar-refractivity contribution in [1.29, 1.82) is 0 Å². The second-order valence-corrected chi connectivity index (χ2v) is 6.78. The van der Waals surface area contributed by atoms with Gasteiger partial charge in [0.15, 0.2) is 11.5 Å². The first-order valence-electron chi connectivity index (χ1n) is 8.98. The molecular weight excluding hydrogens is 350 g/mol. The molecule has 8 nitrogen and oxygen atoms in total. The van der Waals surface area contributed by atoms with Crippen molar-refractivity contribution in [1.82, 2.24) is 14.7 Å². The molecule has 3 heterocycles. The zero-order valence-corrected chi connectivity index (χ0v) is 15.1. The molecule has 27 heavy (non-hydrogen) atoms. The van der Waals surface area contributed by atoms with Gasteiger partial charge in [0.05, 0.1) is 30.9 Å². The van der Waals surface area contributed by atoms with E-state index in [2.05, 4.69) is 5.10 Å². The fraction of sp³-hybridized carbons (Fsp3) is 0.421. The molecule has 8 heteroatoms. The number of carbonyl (C=O) groups excluding carboxylic acids is 1. The van der Waals surface area contributed by atoms with Crippen LogP contribution in [0.15, 0.2) is 18.2 Å². The molecular formula is C19H21N3O5. The van der Waals surface area contributed by atoms with E-state index < -0.39 is 5.97 Å². The van der Waals surface area contributed by atoms with Crippen LogP contribution in [0.4, 0.5) is 0 Å². The number of carboxylic acids is 1. The van der Waals surface area contributed by atoms with Crippen molar-refractivity contribution in [3.8, 4) is 11.5 Å². The summed E-state index contributed by atoms with van der Waals surface area (Å²) in [6.07, 6.45) is 0.444. The van der Waals surface area contributed by atoms with E-state index in [0.717, 1.165) is 17.0 Å². The summed E-state index contributed by atoms with van der Waals surface area (Å²) in [5.74, 6) is 0.388. The topological polar surface area (TPSA) is 93.9 Å². The maximum Gasteiger partial charge on any atom is 0.303 e. The number of carboxylic acid groups (broad SMARTS) is 1. The SMILES string of the molecule is Cc1cc2c(cc1C(=O)N1CCn3nc(CCC(=O)O)cc3C1)OCCO2. The number of benzene rings is 1. The van der Waals surface area contributed by atoms with Gasteiger partial charge in [0, 0.05) is 18.5 Å². The predicted molar refractivity (Wildman–Crippen MR) is 95.1 cm³/mol. The van der Waals surface area contributed by atoms with Crippen LogP contribution in [0.25, 0.3) is 0 Å². The first-order valence-corrected chi connectivity index (χ1v) is 8.98. The maximum atomic E-state index is 13.1. The van der Waals surface area contributed by atoms with Crippen molar-refractivity contribution in [2.24, 2.45) is 0 Å². The van der Waals surface area contributed by atoms with Crippen molar-refractivity contribution in [2.45, 2.75) is 32.9 Å². The molecule has 2 aliphatic heterocycles. The van der Waals surface area contributed by atoms with Gasteiger partial charge >= 0.3 is 5.97 Å². The summed E-state index contributed by atoms with van der Waals surface area (Å²) in [7, 11) is 0. The molecule has 0 atom stereocenters. The van der Waals surface area contributed by atoms with Gasteiger partial charge in [-0.1, -0.05) is 0 Å². The highest BCUT2D eigenvalue weighted by Gasteiger charge is 2.26. The highest BCUT2D eigenvalue weighted by Crippen LogP contribution is 2.33. The van der Waals surface area contributed by atoms with Crippen LogP contribution in [0.3, 0.4) is 0 Å². The quantitative estimate of drug-likeness (QED) is 0.878. The van der Waals surface area contributed by atoms with Gasteiger partial charge in [-0.15, -0.1) is 0 Å².